The second-order valence-electron chi connectivity index (χ2n) is 4.90. The van der Waals surface area contributed by atoms with Crippen molar-refractivity contribution in [2.75, 3.05) is 12.9 Å². The maximum atomic E-state index is 11.1. The molecular weight excluding hydrogens is 268 g/mol. The molecule has 6 heteroatoms. The molecule has 0 heterocycles. The number of carbonyl (C=O) groups is 1. The standard InChI is InChI=1S/C13H18O5S/c1-13(2,12(14)15)11-6-4-10(5-7-11)8-9-18-19(3,16)17/h4-7H,8-9H2,1-3H3,(H,14,15). The Morgan fingerprint density at radius 3 is 2.21 bits per heavy atom. The fourth-order valence-electron chi connectivity index (χ4n) is 1.52. The third-order valence-corrected chi connectivity index (χ3v) is 3.49. The van der Waals surface area contributed by atoms with E-state index in [2.05, 4.69) is 4.18 Å². The molecule has 1 rings (SSSR count). The smallest absolute Gasteiger partial charge is 0.313 e. The van der Waals surface area contributed by atoms with Gasteiger partial charge in [-0.25, -0.2) is 0 Å². The van der Waals surface area contributed by atoms with E-state index in [0.717, 1.165) is 11.8 Å². The lowest BCUT2D eigenvalue weighted by molar-refractivity contribution is -0.142. The summed E-state index contributed by atoms with van der Waals surface area (Å²) in [5.74, 6) is -0.888. The van der Waals surface area contributed by atoms with Gasteiger partial charge in [0.05, 0.1) is 18.3 Å². The van der Waals surface area contributed by atoms with E-state index in [-0.39, 0.29) is 6.61 Å². The van der Waals surface area contributed by atoms with Crippen molar-refractivity contribution in [2.24, 2.45) is 0 Å². The van der Waals surface area contributed by atoms with Gasteiger partial charge in [0.2, 0.25) is 0 Å². The number of benzene rings is 1. The SMILES string of the molecule is CC(C)(C(=O)O)c1ccc(CCOS(C)(=O)=O)cc1. The van der Waals surface area contributed by atoms with Crippen molar-refractivity contribution >= 4 is 16.1 Å². The molecule has 0 spiro atoms. The van der Waals surface area contributed by atoms with Crippen LogP contribution in [0.4, 0.5) is 0 Å². The molecule has 1 aromatic carbocycles. The van der Waals surface area contributed by atoms with Crippen LogP contribution in [0.2, 0.25) is 0 Å². The first-order chi connectivity index (χ1) is 8.63. The van der Waals surface area contributed by atoms with Gasteiger partial charge in [-0.3, -0.25) is 8.98 Å². The Bertz CT molecular complexity index is 543. The molecule has 0 amide bonds. The van der Waals surface area contributed by atoms with Crippen LogP contribution in [-0.4, -0.2) is 32.4 Å². The van der Waals surface area contributed by atoms with Crippen LogP contribution in [-0.2, 0) is 30.9 Å². The van der Waals surface area contributed by atoms with Crippen LogP contribution in [0.25, 0.3) is 0 Å². The molecule has 0 aromatic heterocycles. The summed E-state index contributed by atoms with van der Waals surface area (Å²) in [5, 5.41) is 9.11. The maximum Gasteiger partial charge on any atom is 0.313 e. The lowest BCUT2D eigenvalue weighted by atomic mass is 9.84. The number of rotatable bonds is 6. The Balaban J connectivity index is 2.70. The molecule has 1 N–H and O–H groups in total. The molecule has 106 valence electrons. The van der Waals surface area contributed by atoms with Gasteiger partial charge in [-0.2, -0.15) is 8.42 Å². The van der Waals surface area contributed by atoms with E-state index < -0.39 is 21.5 Å². The highest BCUT2D eigenvalue weighted by Crippen LogP contribution is 2.23. The van der Waals surface area contributed by atoms with Crippen molar-refractivity contribution in [3.63, 3.8) is 0 Å². The minimum atomic E-state index is -3.41. The Morgan fingerprint density at radius 2 is 1.79 bits per heavy atom. The van der Waals surface area contributed by atoms with Crippen molar-refractivity contribution < 1.29 is 22.5 Å². The minimum Gasteiger partial charge on any atom is -0.481 e. The highest BCUT2D eigenvalue weighted by molar-refractivity contribution is 7.85. The van der Waals surface area contributed by atoms with Gasteiger partial charge in [-0.05, 0) is 31.4 Å². The average molecular weight is 286 g/mol. The van der Waals surface area contributed by atoms with Crippen LogP contribution in [0.1, 0.15) is 25.0 Å². The molecule has 5 nitrogen and oxygen atoms in total. The molecule has 0 aliphatic carbocycles. The van der Waals surface area contributed by atoms with Crippen LogP contribution in [0, 0.1) is 0 Å². The molecule has 0 unspecified atom stereocenters. The summed E-state index contributed by atoms with van der Waals surface area (Å²) in [6.07, 6.45) is 1.46. The van der Waals surface area contributed by atoms with Crippen molar-refractivity contribution in [2.45, 2.75) is 25.7 Å². The van der Waals surface area contributed by atoms with Gasteiger partial charge in [0.25, 0.3) is 10.1 Å². The van der Waals surface area contributed by atoms with E-state index in [1.807, 2.05) is 0 Å². The highest BCUT2D eigenvalue weighted by Gasteiger charge is 2.28. The van der Waals surface area contributed by atoms with E-state index in [4.69, 9.17) is 5.11 Å². The predicted molar refractivity (Wildman–Crippen MR) is 71.6 cm³/mol. The summed E-state index contributed by atoms with van der Waals surface area (Å²) in [7, 11) is -3.41. The van der Waals surface area contributed by atoms with Gasteiger partial charge < -0.3 is 5.11 Å². The zero-order chi connectivity index (χ0) is 14.7. The maximum absolute atomic E-state index is 11.1. The van der Waals surface area contributed by atoms with Gasteiger partial charge in [-0.15, -0.1) is 0 Å². The number of aliphatic carboxylic acids is 1. The Morgan fingerprint density at radius 1 is 1.26 bits per heavy atom. The normalized spacial score (nSPS) is 12.4. The highest BCUT2D eigenvalue weighted by atomic mass is 32.2. The molecule has 0 radical (unpaired) electrons. The number of hydrogen-bond donors (Lipinski definition) is 1. The first-order valence-electron chi connectivity index (χ1n) is 5.80. The Kier molecular flexibility index (Phi) is 4.70. The molecule has 1 aromatic rings. The van der Waals surface area contributed by atoms with Gasteiger partial charge in [-0.1, -0.05) is 24.3 Å². The van der Waals surface area contributed by atoms with Gasteiger partial charge >= 0.3 is 5.97 Å². The first-order valence-corrected chi connectivity index (χ1v) is 7.62. The Labute approximate surface area is 113 Å². The van der Waals surface area contributed by atoms with Gasteiger partial charge in [0.1, 0.15) is 0 Å². The molecule has 19 heavy (non-hydrogen) atoms. The lowest BCUT2D eigenvalue weighted by Gasteiger charge is -2.19. The fourth-order valence-corrected chi connectivity index (χ4v) is 1.91. The van der Waals surface area contributed by atoms with Crippen LogP contribution < -0.4 is 0 Å². The largest absolute Gasteiger partial charge is 0.481 e. The summed E-state index contributed by atoms with van der Waals surface area (Å²) in [4.78, 5) is 11.1. The van der Waals surface area contributed by atoms with Crippen molar-refractivity contribution in [1.29, 1.82) is 0 Å². The van der Waals surface area contributed by atoms with Crippen molar-refractivity contribution in [3.8, 4) is 0 Å². The van der Waals surface area contributed by atoms with Crippen molar-refractivity contribution in [3.05, 3.63) is 35.4 Å². The predicted octanol–water partition coefficient (Wildman–Crippen LogP) is 1.57. The molecule has 0 fully saturated rings. The number of carboxylic acids is 1. The molecule has 0 saturated carbocycles. The summed E-state index contributed by atoms with van der Waals surface area (Å²) in [6.45, 7) is 3.36. The molecule has 0 aliphatic rings. The topological polar surface area (TPSA) is 80.7 Å². The zero-order valence-electron chi connectivity index (χ0n) is 11.2. The third-order valence-electron chi connectivity index (χ3n) is 2.90. The second kappa shape index (κ2) is 5.71. The fraction of sp³-hybridized carbons (Fsp3) is 0.462. The van der Waals surface area contributed by atoms with E-state index in [1.54, 1.807) is 38.1 Å². The van der Waals surface area contributed by atoms with E-state index in [9.17, 15) is 13.2 Å². The first kappa shape index (κ1) is 15.7. The van der Waals surface area contributed by atoms with Crippen LogP contribution in [0.15, 0.2) is 24.3 Å². The summed E-state index contributed by atoms with van der Waals surface area (Å²) >= 11 is 0. The summed E-state index contributed by atoms with van der Waals surface area (Å²) in [6, 6.07) is 7.05. The monoisotopic (exact) mass is 286 g/mol. The van der Waals surface area contributed by atoms with E-state index >= 15 is 0 Å². The molecule has 0 bridgehead atoms. The average Bonchev–Trinajstić information content (AvgIpc) is 2.27. The summed E-state index contributed by atoms with van der Waals surface area (Å²) < 4.78 is 26.2. The zero-order valence-corrected chi connectivity index (χ0v) is 12.0. The van der Waals surface area contributed by atoms with Crippen LogP contribution in [0.3, 0.4) is 0 Å². The third kappa shape index (κ3) is 4.65. The quantitative estimate of drug-likeness (QED) is 0.803. The van der Waals surface area contributed by atoms with Gasteiger partial charge in [0, 0.05) is 0 Å². The molecule has 0 atom stereocenters. The van der Waals surface area contributed by atoms with E-state index in [1.165, 1.54) is 0 Å². The van der Waals surface area contributed by atoms with Crippen molar-refractivity contribution in [1.82, 2.24) is 0 Å². The molecule has 0 saturated heterocycles. The summed E-state index contributed by atoms with van der Waals surface area (Å²) in [5.41, 5.74) is 0.656. The van der Waals surface area contributed by atoms with Gasteiger partial charge in [0.15, 0.2) is 0 Å². The van der Waals surface area contributed by atoms with Crippen LogP contribution in [0.5, 0.6) is 0 Å². The lowest BCUT2D eigenvalue weighted by Crippen LogP contribution is -2.28. The number of carboxylic acid groups (broad SMARTS) is 1. The van der Waals surface area contributed by atoms with Crippen LogP contribution >= 0.6 is 0 Å². The second-order valence-corrected chi connectivity index (χ2v) is 6.55. The minimum absolute atomic E-state index is 0.0838. The number of hydrogen-bond acceptors (Lipinski definition) is 4. The molecule has 0 aliphatic heterocycles. The van der Waals surface area contributed by atoms with E-state index in [0.29, 0.717) is 12.0 Å². The Hall–Kier alpha value is -1.40. The molecular formula is C13H18O5S.